The lowest BCUT2D eigenvalue weighted by Crippen LogP contribution is -2.25. The average Bonchev–Trinajstić information content (AvgIpc) is 3.29. The SMILES string of the molecule is COc1ccc(Cn2c(C(=O)NCc3cccc(C)c3)cc3sccc32)cc1. The van der Waals surface area contributed by atoms with E-state index in [9.17, 15) is 4.79 Å². The molecule has 0 radical (unpaired) electrons. The van der Waals surface area contributed by atoms with E-state index in [-0.39, 0.29) is 5.91 Å². The van der Waals surface area contributed by atoms with Crippen LogP contribution in [0.5, 0.6) is 5.75 Å². The number of methoxy groups -OCH3 is 1. The van der Waals surface area contributed by atoms with Crippen LogP contribution in [0, 0.1) is 6.92 Å². The number of nitrogens with zero attached hydrogens (tertiary/aromatic N) is 1. The van der Waals surface area contributed by atoms with Gasteiger partial charge < -0.3 is 14.6 Å². The lowest BCUT2D eigenvalue weighted by Gasteiger charge is -2.12. The van der Waals surface area contributed by atoms with Crippen molar-refractivity contribution in [3.05, 3.63) is 88.4 Å². The van der Waals surface area contributed by atoms with Crippen LogP contribution in [-0.2, 0) is 13.1 Å². The average molecular weight is 391 g/mol. The number of fused-ring (bicyclic) bond motifs is 1. The van der Waals surface area contributed by atoms with Crippen molar-refractivity contribution >= 4 is 27.5 Å². The summed E-state index contributed by atoms with van der Waals surface area (Å²) in [7, 11) is 1.66. The summed E-state index contributed by atoms with van der Waals surface area (Å²) in [5, 5.41) is 5.12. The Hall–Kier alpha value is -3.05. The second kappa shape index (κ2) is 7.90. The number of carbonyl (C=O) groups excluding carboxylic acids is 1. The molecule has 28 heavy (non-hydrogen) atoms. The Balaban J connectivity index is 1.58. The molecule has 4 nitrogen and oxygen atoms in total. The first-order chi connectivity index (χ1) is 13.6. The number of aromatic nitrogens is 1. The van der Waals surface area contributed by atoms with E-state index in [2.05, 4.69) is 40.4 Å². The number of benzene rings is 2. The van der Waals surface area contributed by atoms with Gasteiger partial charge in [-0.05, 0) is 47.7 Å². The minimum atomic E-state index is -0.0570. The van der Waals surface area contributed by atoms with Crippen molar-refractivity contribution in [2.24, 2.45) is 0 Å². The Bertz CT molecular complexity index is 1110. The molecule has 4 rings (SSSR count). The minimum Gasteiger partial charge on any atom is -0.497 e. The van der Waals surface area contributed by atoms with Crippen LogP contribution in [-0.4, -0.2) is 17.6 Å². The molecule has 1 N–H and O–H groups in total. The first-order valence-corrected chi connectivity index (χ1v) is 10.1. The smallest absolute Gasteiger partial charge is 0.268 e. The number of ether oxygens (including phenoxy) is 1. The highest BCUT2D eigenvalue weighted by Gasteiger charge is 2.16. The number of rotatable bonds is 6. The Kier molecular flexibility index (Phi) is 5.17. The van der Waals surface area contributed by atoms with E-state index < -0.39 is 0 Å². The molecule has 142 valence electrons. The third-order valence-electron chi connectivity index (χ3n) is 4.79. The lowest BCUT2D eigenvalue weighted by atomic mass is 10.1. The summed E-state index contributed by atoms with van der Waals surface area (Å²) >= 11 is 1.65. The van der Waals surface area contributed by atoms with Crippen LogP contribution >= 0.6 is 11.3 Å². The monoisotopic (exact) mass is 390 g/mol. The summed E-state index contributed by atoms with van der Waals surface area (Å²) < 4.78 is 8.44. The number of nitrogens with one attached hydrogen (secondary N) is 1. The normalized spacial score (nSPS) is 10.9. The highest BCUT2D eigenvalue weighted by molar-refractivity contribution is 7.17. The van der Waals surface area contributed by atoms with E-state index in [0.29, 0.717) is 18.8 Å². The summed E-state index contributed by atoms with van der Waals surface area (Å²) in [6.45, 7) is 3.21. The van der Waals surface area contributed by atoms with Crippen LogP contribution < -0.4 is 10.1 Å². The molecule has 2 heterocycles. The molecule has 0 bridgehead atoms. The maximum Gasteiger partial charge on any atom is 0.268 e. The highest BCUT2D eigenvalue weighted by Crippen LogP contribution is 2.26. The molecular weight excluding hydrogens is 368 g/mol. The predicted molar refractivity (Wildman–Crippen MR) is 114 cm³/mol. The molecule has 0 fully saturated rings. The molecule has 2 aromatic heterocycles. The zero-order chi connectivity index (χ0) is 19.5. The topological polar surface area (TPSA) is 43.3 Å². The zero-order valence-electron chi connectivity index (χ0n) is 15.9. The maximum absolute atomic E-state index is 12.9. The van der Waals surface area contributed by atoms with Crippen LogP contribution in [0.4, 0.5) is 0 Å². The van der Waals surface area contributed by atoms with Gasteiger partial charge in [0.05, 0.1) is 17.3 Å². The first kappa shape index (κ1) is 18.3. The van der Waals surface area contributed by atoms with Gasteiger partial charge in [-0.2, -0.15) is 0 Å². The fraction of sp³-hybridized carbons (Fsp3) is 0.174. The lowest BCUT2D eigenvalue weighted by molar-refractivity contribution is 0.0942. The molecule has 0 aliphatic carbocycles. The summed E-state index contributed by atoms with van der Waals surface area (Å²) in [6, 6.07) is 20.2. The second-order valence-corrected chi connectivity index (χ2v) is 7.75. The number of carbonyl (C=O) groups is 1. The zero-order valence-corrected chi connectivity index (χ0v) is 16.8. The fourth-order valence-electron chi connectivity index (χ4n) is 3.34. The van der Waals surface area contributed by atoms with Gasteiger partial charge in [-0.15, -0.1) is 11.3 Å². The van der Waals surface area contributed by atoms with Crippen LogP contribution in [0.25, 0.3) is 10.2 Å². The minimum absolute atomic E-state index is 0.0570. The second-order valence-electron chi connectivity index (χ2n) is 6.81. The van der Waals surface area contributed by atoms with Crippen LogP contribution in [0.1, 0.15) is 27.2 Å². The van der Waals surface area contributed by atoms with E-state index >= 15 is 0 Å². The molecule has 0 aliphatic rings. The molecule has 4 aromatic rings. The summed E-state index contributed by atoms with van der Waals surface area (Å²) in [4.78, 5) is 12.9. The number of amides is 1. The molecule has 0 saturated heterocycles. The van der Waals surface area contributed by atoms with Crippen molar-refractivity contribution in [1.29, 1.82) is 0 Å². The molecule has 2 aromatic carbocycles. The van der Waals surface area contributed by atoms with Crippen molar-refractivity contribution in [3.8, 4) is 5.75 Å². The van der Waals surface area contributed by atoms with Gasteiger partial charge in [0.1, 0.15) is 11.4 Å². The standard InChI is InChI=1S/C23H22N2O2S/c1-16-4-3-5-18(12-16)14-24-23(26)21-13-22-20(10-11-28-22)25(21)15-17-6-8-19(27-2)9-7-17/h3-13H,14-15H2,1-2H3,(H,24,26). The van der Waals surface area contributed by atoms with Crippen molar-refractivity contribution < 1.29 is 9.53 Å². The summed E-state index contributed by atoms with van der Waals surface area (Å²) in [5.74, 6) is 0.770. The van der Waals surface area contributed by atoms with Crippen molar-refractivity contribution in [2.45, 2.75) is 20.0 Å². The van der Waals surface area contributed by atoms with Gasteiger partial charge in [0, 0.05) is 13.1 Å². The molecule has 0 aliphatic heterocycles. The van der Waals surface area contributed by atoms with E-state index in [4.69, 9.17) is 4.74 Å². The van der Waals surface area contributed by atoms with Crippen LogP contribution in [0.15, 0.2) is 66.0 Å². The summed E-state index contributed by atoms with van der Waals surface area (Å²) in [5.41, 5.74) is 5.18. The van der Waals surface area contributed by atoms with E-state index in [1.807, 2.05) is 42.5 Å². The number of hydrogen-bond acceptors (Lipinski definition) is 3. The number of thiophene rings is 1. The predicted octanol–water partition coefficient (Wildman–Crippen LogP) is 5.00. The number of aryl methyl sites for hydroxylation is 1. The van der Waals surface area contributed by atoms with E-state index in [1.54, 1.807) is 18.4 Å². The van der Waals surface area contributed by atoms with Gasteiger partial charge in [0.25, 0.3) is 5.91 Å². The molecule has 0 atom stereocenters. The Morgan fingerprint density at radius 2 is 1.89 bits per heavy atom. The van der Waals surface area contributed by atoms with E-state index in [1.165, 1.54) is 5.56 Å². The maximum atomic E-state index is 12.9. The van der Waals surface area contributed by atoms with Gasteiger partial charge >= 0.3 is 0 Å². The molecular formula is C23H22N2O2S. The Labute approximate surface area is 168 Å². The van der Waals surface area contributed by atoms with E-state index in [0.717, 1.165) is 27.1 Å². The number of hydrogen-bond donors (Lipinski definition) is 1. The highest BCUT2D eigenvalue weighted by atomic mass is 32.1. The van der Waals surface area contributed by atoms with Crippen molar-refractivity contribution in [1.82, 2.24) is 9.88 Å². The van der Waals surface area contributed by atoms with Crippen molar-refractivity contribution in [3.63, 3.8) is 0 Å². The fourth-order valence-corrected chi connectivity index (χ4v) is 4.17. The molecule has 0 spiro atoms. The Morgan fingerprint density at radius 1 is 1.07 bits per heavy atom. The molecule has 0 unspecified atom stereocenters. The van der Waals surface area contributed by atoms with Crippen molar-refractivity contribution in [2.75, 3.05) is 7.11 Å². The third kappa shape index (κ3) is 3.80. The van der Waals surface area contributed by atoms with Crippen LogP contribution in [0.2, 0.25) is 0 Å². The quantitative estimate of drug-likeness (QED) is 0.504. The van der Waals surface area contributed by atoms with Crippen LogP contribution in [0.3, 0.4) is 0 Å². The summed E-state index contributed by atoms with van der Waals surface area (Å²) in [6.07, 6.45) is 0. The van der Waals surface area contributed by atoms with Gasteiger partial charge in [-0.3, -0.25) is 4.79 Å². The molecule has 0 saturated carbocycles. The van der Waals surface area contributed by atoms with Gasteiger partial charge in [-0.25, -0.2) is 0 Å². The van der Waals surface area contributed by atoms with Gasteiger partial charge in [0.15, 0.2) is 0 Å². The molecule has 1 amide bonds. The molecule has 5 heteroatoms. The van der Waals surface area contributed by atoms with Gasteiger partial charge in [0.2, 0.25) is 0 Å². The third-order valence-corrected chi connectivity index (χ3v) is 5.64. The Morgan fingerprint density at radius 3 is 2.64 bits per heavy atom. The largest absolute Gasteiger partial charge is 0.497 e. The first-order valence-electron chi connectivity index (χ1n) is 9.17. The van der Waals surface area contributed by atoms with Gasteiger partial charge in [-0.1, -0.05) is 42.0 Å².